The molecule has 0 saturated carbocycles. The number of benzene rings is 1. The number of hydrogen-bond donors (Lipinski definition) is 3. The van der Waals surface area contributed by atoms with Crippen molar-refractivity contribution >= 4 is 17.5 Å². The molecule has 1 rings (SSSR count). The lowest BCUT2D eigenvalue weighted by molar-refractivity contribution is -0.127. The van der Waals surface area contributed by atoms with Gasteiger partial charge in [-0.2, -0.15) is 0 Å². The van der Waals surface area contributed by atoms with Gasteiger partial charge in [0.25, 0.3) is 11.8 Å². The number of primary amides is 1. The summed E-state index contributed by atoms with van der Waals surface area (Å²) < 4.78 is 10.4. The van der Waals surface area contributed by atoms with E-state index in [9.17, 15) is 9.59 Å². The molecule has 0 aliphatic rings. The predicted octanol–water partition coefficient (Wildman–Crippen LogP) is 0.288. The number of amides is 2. The van der Waals surface area contributed by atoms with Crippen LogP contribution in [0.15, 0.2) is 18.2 Å². The van der Waals surface area contributed by atoms with Crippen molar-refractivity contribution in [1.29, 1.82) is 0 Å². The second-order valence-electron chi connectivity index (χ2n) is 4.49. The van der Waals surface area contributed by atoms with Gasteiger partial charge in [-0.05, 0) is 25.5 Å². The van der Waals surface area contributed by atoms with Crippen molar-refractivity contribution in [2.75, 3.05) is 26.0 Å². The molecular formula is C14H21N3O4. The summed E-state index contributed by atoms with van der Waals surface area (Å²) in [5, 5.41) is 2.70. The lowest BCUT2D eigenvalue weighted by Crippen LogP contribution is -2.37. The summed E-state index contributed by atoms with van der Waals surface area (Å²) in [5.74, 6) is -0.834. The smallest absolute Gasteiger partial charge is 0.260 e. The normalized spacial score (nSPS) is 11.7. The minimum Gasteiger partial charge on any atom is -0.478 e. The van der Waals surface area contributed by atoms with Gasteiger partial charge in [-0.25, -0.2) is 0 Å². The average molecular weight is 295 g/mol. The zero-order chi connectivity index (χ0) is 15.8. The maximum absolute atomic E-state index is 11.9. The van der Waals surface area contributed by atoms with Gasteiger partial charge in [0.1, 0.15) is 0 Å². The third kappa shape index (κ3) is 4.96. The van der Waals surface area contributed by atoms with Gasteiger partial charge in [0.2, 0.25) is 0 Å². The molecule has 0 radical (unpaired) electrons. The number of methoxy groups -OCH3 is 1. The van der Waals surface area contributed by atoms with Crippen LogP contribution in [0.5, 0.6) is 5.75 Å². The highest BCUT2D eigenvalue weighted by Crippen LogP contribution is 2.27. The van der Waals surface area contributed by atoms with Crippen LogP contribution in [0.4, 0.5) is 5.69 Å². The van der Waals surface area contributed by atoms with Crippen LogP contribution in [0.25, 0.3) is 0 Å². The van der Waals surface area contributed by atoms with E-state index in [4.69, 9.17) is 20.9 Å². The molecule has 0 aliphatic heterocycles. The molecule has 1 atom stereocenters. The van der Waals surface area contributed by atoms with Crippen LogP contribution in [0.3, 0.4) is 0 Å². The number of carbonyl (C=O) groups is 2. The topological polar surface area (TPSA) is 117 Å². The predicted molar refractivity (Wildman–Crippen MR) is 79.0 cm³/mol. The Bertz CT molecular complexity index is 505. The first-order chi connectivity index (χ1) is 9.97. The quantitative estimate of drug-likeness (QED) is 0.470. The lowest BCUT2D eigenvalue weighted by atomic mass is 10.1. The van der Waals surface area contributed by atoms with Crippen LogP contribution in [0.2, 0.25) is 0 Å². The maximum atomic E-state index is 11.9. The number of anilines is 1. The number of ether oxygens (including phenoxy) is 2. The summed E-state index contributed by atoms with van der Waals surface area (Å²) in [7, 11) is 1.59. The molecule has 116 valence electrons. The monoisotopic (exact) mass is 295 g/mol. The van der Waals surface area contributed by atoms with Crippen LogP contribution in [-0.2, 0) is 9.53 Å². The van der Waals surface area contributed by atoms with Crippen molar-refractivity contribution < 1.29 is 19.1 Å². The SMILES string of the molecule is COCCCNC(=O)C(C)Oc1c(N)cccc1C(N)=O. The number of carbonyl (C=O) groups excluding carboxylic acids is 2. The number of nitrogens with one attached hydrogen (secondary N) is 1. The minimum absolute atomic E-state index is 0.129. The molecule has 0 aliphatic carbocycles. The van der Waals surface area contributed by atoms with Crippen LogP contribution in [0.1, 0.15) is 23.7 Å². The van der Waals surface area contributed by atoms with Gasteiger partial charge >= 0.3 is 0 Å². The van der Waals surface area contributed by atoms with E-state index in [-0.39, 0.29) is 22.9 Å². The Morgan fingerprint density at radius 2 is 2.10 bits per heavy atom. The Hall–Kier alpha value is -2.28. The minimum atomic E-state index is -0.796. The maximum Gasteiger partial charge on any atom is 0.260 e. The van der Waals surface area contributed by atoms with Gasteiger partial charge in [-0.15, -0.1) is 0 Å². The second-order valence-corrected chi connectivity index (χ2v) is 4.49. The zero-order valence-electron chi connectivity index (χ0n) is 12.2. The molecule has 0 heterocycles. The van der Waals surface area contributed by atoms with E-state index < -0.39 is 12.0 Å². The fourth-order valence-corrected chi connectivity index (χ4v) is 1.68. The molecular weight excluding hydrogens is 274 g/mol. The molecule has 1 aromatic carbocycles. The molecule has 7 nitrogen and oxygen atoms in total. The van der Waals surface area contributed by atoms with Crippen LogP contribution in [-0.4, -0.2) is 38.2 Å². The number of nitrogen functional groups attached to an aromatic ring is 1. The average Bonchev–Trinajstić information content (AvgIpc) is 2.45. The van der Waals surface area contributed by atoms with E-state index in [1.807, 2.05) is 0 Å². The van der Waals surface area contributed by atoms with Crippen molar-refractivity contribution in [3.05, 3.63) is 23.8 Å². The Balaban J connectivity index is 2.68. The van der Waals surface area contributed by atoms with E-state index >= 15 is 0 Å². The van der Waals surface area contributed by atoms with E-state index in [1.165, 1.54) is 6.07 Å². The third-order valence-corrected chi connectivity index (χ3v) is 2.80. The van der Waals surface area contributed by atoms with Crippen LogP contribution in [0, 0.1) is 0 Å². The number of hydrogen-bond acceptors (Lipinski definition) is 5. The van der Waals surface area contributed by atoms with Crippen molar-refractivity contribution in [3.63, 3.8) is 0 Å². The van der Waals surface area contributed by atoms with E-state index in [0.717, 1.165) is 0 Å². The molecule has 0 aromatic heterocycles. The Labute approximate surface area is 123 Å². The summed E-state index contributed by atoms with van der Waals surface area (Å²) in [6.07, 6.45) is -0.0926. The van der Waals surface area contributed by atoms with Gasteiger partial charge in [0.05, 0.1) is 11.3 Å². The summed E-state index contributed by atoms with van der Waals surface area (Å²) in [6, 6.07) is 4.67. The lowest BCUT2D eigenvalue weighted by Gasteiger charge is -2.17. The second kappa shape index (κ2) is 8.11. The summed E-state index contributed by atoms with van der Waals surface area (Å²) in [6.45, 7) is 2.61. The highest BCUT2D eigenvalue weighted by molar-refractivity contribution is 5.97. The van der Waals surface area contributed by atoms with Crippen molar-refractivity contribution in [2.24, 2.45) is 5.73 Å². The molecule has 2 amide bonds. The highest BCUT2D eigenvalue weighted by Gasteiger charge is 2.19. The third-order valence-electron chi connectivity index (χ3n) is 2.80. The van der Waals surface area contributed by atoms with Gasteiger partial charge in [-0.1, -0.05) is 6.07 Å². The Morgan fingerprint density at radius 3 is 2.71 bits per heavy atom. The van der Waals surface area contributed by atoms with Crippen molar-refractivity contribution in [3.8, 4) is 5.75 Å². The molecule has 1 aromatic rings. The number of rotatable bonds is 8. The summed E-state index contributed by atoms with van der Waals surface area (Å²) in [5.41, 5.74) is 11.4. The molecule has 1 unspecified atom stereocenters. The first kappa shape index (κ1) is 16.8. The van der Waals surface area contributed by atoms with E-state index in [1.54, 1.807) is 26.2 Å². The zero-order valence-corrected chi connectivity index (χ0v) is 12.2. The van der Waals surface area contributed by atoms with Crippen LogP contribution >= 0.6 is 0 Å². The van der Waals surface area contributed by atoms with Crippen molar-refractivity contribution in [2.45, 2.75) is 19.4 Å². The van der Waals surface area contributed by atoms with Gasteiger partial charge in [-0.3, -0.25) is 9.59 Å². The Kier molecular flexibility index (Phi) is 6.48. The highest BCUT2D eigenvalue weighted by atomic mass is 16.5. The van der Waals surface area contributed by atoms with E-state index in [2.05, 4.69) is 5.32 Å². The van der Waals surface area contributed by atoms with Crippen molar-refractivity contribution in [1.82, 2.24) is 5.32 Å². The molecule has 0 saturated heterocycles. The standard InChI is InChI=1S/C14H21N3O4/c1-9(14(19)17-7-4-8-20-2)21-12-10(13(16)18)5-3-6-11(12)15/h3,5-6,9H,4,7-8,15H2,1-2H3,(H2,16,18)(H,17,19). The number of nitrogens with two attached hydrogens (primary N) is 2. The van der Waals surface area contributed by atoms with Gasteiger partial charge in [0.15, 0.2) is 11.9 Å². The number of para-hydroxylation sites is 1. The fourth-order valence-electron chi connectivity index (χ4n) is 1.68. The van der Waals surface area contributed by atoms with Gasteiger partial charge in [0, 0.05) is 20.3 Å². The fraction of sp³-hybridized carbons (Fsp3) is 0.429. The first-order valence-electron chi connectivity index (χ1n) is 6.59. The largest absolute Gasteiger partial charge is 0.478 e. The Morgan fingerprint density at radius 1 is 1.38 bits per heavy atom. The summed E-state index contributed by atoms with van der Waals surface area (Å²) >= 11 is 0. The van der Waals surface area contributed by atoms with Crippen LogP contribution < -0.4 is 21.5 Å². The molecule has 5 N–H and O–H groups in total. The summed E-state index contributed by atoms with van der Waals surface area (Å²) in [4.78, 5) is 23.2. The molecule has 21 heavy (non-hydrogen) atoms. The van der Waals surface area contributed by atoms with Gasteiger partial charge < -0.3 is 26.3 Å². The molecule has 0 fully saturated rings. The molecule has 0 spiro atoms. The molecule has 0 bridgehead atoms. The first-order valence-corrected chi connectivity index (χ1v) is 6.59. The molecule has 7 heteroatoms. The van der Waals surface area contributed by atoms with E-state index in [0.29, 0.717) is 19.6 Å².